The molecule has 0 N–H and O–H groups in total. The van der Waals surface area contributed by atoms with Crippen molar-refractivity contribution in [1.82, 2.24) is 14.8 Å². The summed E-state index contributed by atoms with van der Waals surface area (Å²) in [5.74, 6) is -2.09. The SMILES string of the molecule is C=CCn1c(COc2ccccc2F)nnc1SC(C)C(=O)c1cc(F)ccc1F. The van der Waals surface area contributed by atoms with E-state index < -0.39 is 28.5 Å². The van der Waals surface area contributed by atoms with E-state index in [2.05, 4.69) is 16.8 Å². The first-order chi connectivity index (χ1) is 14.4. The van der Waals surface area contributed by atoms with Crippen molar-refractivity contribution in [2.24, 2.45) is 0 Å². The average Bonchev–Trinajstić information content (AvgIpc) is 3.10. The van der Waals surface area contributed by atoms with Gasteiger partial charge in [-0.1, -0.05) is 30.0 Å². The molecule has 30 heavy (non-hydrogen) atoms. The lowest BCUT2D eigenvalue weighted by molar-refractivity contribution is 0.0989. The van der Waals surface area contributed by atoms with E-state index in [1.54, 1.807) is 29.7 Å². The van der Waals surface area contributed by atoms with Gasteiger partial charge < -0.3 is 4.74 Å². The number of Topliss-reactive ketones (excluding diaryl/α,β-unsaturated/α-hetero) is 1. The van der Waals surface area contributed by atoms with Crippen LogP contribution in [0.2, 0.25) is 0 Å². The van der Waals surface area contributed by atoms with Crippen molar-refractivity contribution < 1.29 is 22.7 Å². The second-order valence-electron chi connectivity index (χ2n) is 6.27. The van der Waals surface area contributed by atoms with Gasteiger partial charge in [-0.05, 0) is 37.3 Å². The summed E-state index contributed by atoms with van der Waals surface area (Å²) in [6.07, 6.45) is 1.61. The normalized spacial score (nSPS) is 11.9. The van der Waals surface area contributed by atoms with Gasteiger partial charge >= 0.3 is 0 Å². The second kappa shape index (κ2) is 9.62. The molecule has 1 heterocycles. The highest BCUT2D eigenvalue weighted by Gasteiger charge is 2.24. The molecular formula is C21H18F3N3O2S. The predicted octanol–water partition coefficient (Wildman–Crippen LogP) is 4.82. The van der Waals surface area contributed by atoms with Crippen molar-refractivity contribution in [1.29, 1.82) is 0 Å². The number of carbonyl (C=O) groups excluding carboxylic acids is 1. The summed E-state index contributed by atoms with van der Waals surface area (Å²) in [5.41, 5.74) is -0.326. The van der Waals surface area contributed by atoms with Crippen molar-refractivity contribution in [2.45, 2.75) is 30.5 Å². The molecule has 0 aliphatic heterocycles. The van der Waals surface area contributed by atoms with Gasteiger partial charge in [-0.2, -0.15) is 0 Å². The topological polar surface area (TPSA) is 57.0 Å². The van der Waals surface area contributed by atoms with E-state index >= 15 is 0 Å². The Morgan fingerprint density at radius 3 is 2.70 bits per heavy atom. The molecule has 0 bridgehead atoms. The number of hydrogen-bond donors (Lipinski definition) is 0. The highest BCUT2D eigenvalue weighted by molar-refractivity contribution is 8.00. The molecule has 0 fully saturated rings. The standard InChI is InChI=1S/C21H18F3N3O2S/c1-3-10-27-19(12-29-18-7-5-4-6-17(18)24)25-26-21(27)30-13(2)20(28)15-11-14(22)8-9-16(15)23/h3-9,11,13H,1,10,12H2,2H3. The van der Waals surface area contributed by atoms with Crippen LogP contribution in [0.4, 0.5) is 13.2 Å². The number of carbonyl (C=O) groups is 1. The molecule has 1 atom stereocenters. The molecule has 5 nitrogen and oxygen atoms in total. The van der Waals surface area contributed by atoms with Crippen LogP contribution in [0.15, 0.2) is 60.3 Å². The molecule has 156 valence electrons. The molecule has 0 saturated carbocycles. The monoisotopic (exact) mass is 433 g/mol. The number of nitrogens with zero attached hydrogens (tertiary/aromatic N) is 3. The first kappa shape index (κ1) is 21.6. The molecule has 1 aromatic heterocycles. The third-order valence-corrected chi connectivity index (χ3v) is 5.22. The van der Waals surface area contributed by atoms with E-state index in [4.69, 9.17) is 4.74 Å². The maximum atomic E-state index is 13.9. The zero-order valence-corrected chi connectivity index (χ0v) is 16.8. The molecule has 0 saturated heterocycles. The van der Waals surface area contributed by atoms with Crippen molar-refractivity contribution in [3.05, 3.63) is 84.0 Å². The first-order valence-corrected chi connectivity index (χ1v) is 9.85. The van der Waals surface area contributed by atoms with Crippen molar-refractivity contribution >= 4 is 17.5 Å². The van der Waals surface area contributed by atoms with Crippen LogP contribution < -0.4 is 4.74 Å². The van der Waals surface area contributed by atoms with Gasteiger partial charge in [-0.3, -0.25) is 9.36 Å². The van der Waals surface area contributed by atoms with Crippen LogP contribution >= 0.6 is 11.8 Å². The Labute approximate surface area is 175 Å². The highest BCUT2D eigenvalue weighted by atomic mass is 32.2. The number of allylic oxidation sites excluding steroid dienone is 1. The van der Waals surface area contributed by atoms with Crippen molar-refractivity contribution in [2.75, 3.05) is 0 Å². The molecule has 0 spiro atoms. The number of aromatic nitrogens is 3. The number of thioether (sulfide) groups is 1. The zero-order chi connectivity index (χ0) is 21.7. The minimum Gasteiger partial charge on any atom is -0.483 e. The summed E-state index contributed by atoms with van der Waals surface area (Å²) in [6.45, 7) is 5.53. The van der Waals surface area contributed by atoms with Crippen LogP contribution in [0.3, 0.4) is 0 Å². The second-order valence-corrected chi connectivity index (χ2v) is 7.57. The summed E-state index contributed by atoms with van der Waals surface area (Å²) in [4.78, 5) is 12.6. The van der Waals surface area contributed by atoms with Crippen LogP contribution in [0.5, 0.6) is 5.75 Å². The van der Waals surface area contributed by atoms with E-state index in [9.17, 15) is 18.0 Å². The number of rotatable bonds is 9. The van der Waals surface area contributed by atoms with Gasteiger partial charge in [-0.15, -0.1) is 16.8 Å². The van der Waals surface area contributed by atoms with Crippen molar-refractivity contribution in [3.63, 3.8) is 0 Å². The molecule has 3 rings (SSSR count). The van der Waals surface area contributed by atoms with Crippen LogP contribution in [0.25, 0.3) is 0 Å². The third kappa shape index (κ3) is 4.91. The fourth-order valence-corrected chi connectivity index (χ4v) is 3.59. The van der Waals surface area contributed by atoms with E-state index in [1.165, 1.54) is 12.1 Å². The van der Waals surface area contributed by atoms with E-state index in [-0.39, 0.29) is 17.9 Å². The molecular weight excluding hydrogens is 415 g/mol. The Morgan fingerprint density at radius 1 is 1.20 bits per heavy atom. The van der Waals surface area contributed by atoms with Gasteiger partial charge in [0.15, 0.2) is 28.3 Å². The quantitative estimate of drug-likeness (QED) is 0.275. The minimum absolute atomic E-state index is 0.0524. The van der Waals surface area contributed by atoms with Crippen LogP contribution in [0.1, 0.15) is 23.1 Å². The predicted molar refractivity (Wildman–Crippen MR) is 107 cm³/mol. The lowest BCUT2D eigenvalue weighted by atomic mass is 10.1. The van der Waals surface area contributed by atoms with Gasteiger partial charge in [-0.25, -0.2) is 13.2 Å². The Balaban J connectivity index is 1.77. The zero-order valence-electron chi connectivity index (χ0n) is 16.0. The molecule has 1 unspecified atom stereocenters. The number of para-hydroxylation sites is 1. The Kier molecular flexibility index (Phi) is 6.94. The summed E-state index contributed by atoms with van der Waals surface area (Å²) in [6, 6.07) is 8.71. The summed E-state index contributed by atoms with van der Waals surface area (Å²) in [7, 11) is 0. The van der Waals surface area contributed by atoms with E-state index in [0.29, 0.717) is 17.5 Å². The fourth-order valence-electron chi connectivity index (χ4n) is 2.65. The molecule has 0 radical (unpaired) electrons. The van der Waals surface area contributed by atoms with Gasteiger partial charge in [0.05, 0.1) is 10.8 Å². The van der Waals surface area contributed by atoms with Crippen LogP contribution in [-0.4, -0.2) is 25.8 Å². The van der Waals surface area contributed by atoms with Gasteiger partial charge in [0, 0.05) is 6.54 Å². The maximum Gasteiger partial charge on any atom is 0.192 e. The number of benzene rings is 2. The van der Waals surface area contributed by atoms with Gasteiger partial charge in [0.1, 0.15) is 18.2 Å². The lowest BCUT2D eigenvalue weighted by Crippen LogP contribution is -2.17. The smallest absolute Gasteiger partial charge is 0.192 e. The lowest BCUT2D eigenvalue weighted by Gasteiger charge is -2.13. The summed E-state index contributed by atoms with van der Waals surface area (Å²) >= 11 is 1.05. The Hall–Kier alpha value is -3.07. The average molecular weight is 433 g/mol. The Morgan fingerprint density at radius 2 is 1.97 bits per heavy atom. The summed E-state index contributed by atoms with van der Waals surface area (Å²) < 4.78 is 48.2. The molecule has 2 aromatic carbocycles. The molecule has 3 aromatic rings. The van der Waals surface area contributed by atoms with Crippen LogP contribution in [0, 0.1) is 17.5 Å². The minimum atomic E-state index is -0.791. The first-order valence-electron chi connectivity index (χ1n) is 8.97. The third-order valence-electron chi connectivity index (χ3n) is 4.14. The fraction of sp³-hybridized carbons (Fsp3) is 0.190. The molecule has 0 aliphatic rings. The molecule has 0 aliphatic carbocycles. The van der Waals surface area contributed by atoms with E-state index in [0.717, 1.165) is 30.0 Å². The summed E-state index contributed by atoms with van der Waals surface area (Å²) in [5, 5.41) is 7.73. The molecule has 0 amide bonds. The number of ether oxygens (including phenoxy) is 1. The van der Waals surface area contributed by atoms with Crippen LogP contribution in [-0.2, 0) is 13.2 Å². The van der Waals surface area contributed by atoms with Gasteiger partial charge in [0.2, 0.25) is 0 Å². The Bertz CT molecular complexity index is 1070. The van der Waals surface area contributed by atoms with E-state index in [1.807, 2.05) is 0 Å². The van der Waals surface area contributed by atoms with Gasteiger partial charge in [0.25, 0.3) is 0 Å². The molecule has 9 heteroatoms. The number of ketones is 1. The number of hydrogen-bond acceptors (Lipinski definition) is 5. The van der Waals surface area contributed by atoms with Crippen molar-refractivity contribution in [3.8, 4) is 5.75 Å². The number of halogens is 3. The largest absolute Gasteiger partial charge is 0.483 e. The maximum absolute atomic E-state index is 13.9. The highest BCUT2D eigenvalue weighted by Crippen LogP contribution is 2.27.